The molecular weight excluding hydrogens is 550 g/mol. The summed E-state index contributed by atoms with van der Waals surface area (Å²) in [7, 11) is 0. The van der Waals surface area contributed by atoms with Crippen LogP contribution in [-0.4, -0.2) is 46.2 Å². The molecule has 222 valence electrons. The SMILES string of the molecule is Cc1c([C@@H]2O[C@@H]3C[C@H]4[C@@H]5CCC6=CC(=O)C=C[C@]6(C)[C@H]5[C@@H](O)C[C@]4(C)[C@]3(C(=O)CO)O2)csc1Cc1ccc(N)cc1. The third-order valence-corrected chi connectivity index (χ3v) is 12.7. The van der Waals surface area contributed by atoms with Crippen LogP contribution in [0.25, 0.3) is 0 Å². The number of allylic oxidation sites excluding steroid dienone is 4. The molecule has 7 rings (SSSR count). The number of thiophene rings is 1. The number of carbonyl (C=O) groups excluding carboxylic acids is 2. The van der Waals surface area contributed by atoms with Gasteiger partial charge >= 0.3 is 0 Å². The summed E-state index contributed by atoms with van der Waals surface area (Å²) in [6, 6.07) is 7.87. The van der Waals surface area contributed by atoms with Crippen LogP contribution in [0.2, 0.25) is 0 Å². The summed E-state index contributed by atoms with van der Waals surface area (Å²) < 4.78 is 13.5. The van der Waals surface area contributed by atoms with Crippen LogP contribution in [0.1, 0.15) is 67.4 Å². The van der Waals surface area contributed by atoms with Crippen molar-refractivity contribution in [2.45, 2.75) is 77.0 Å². The van der Waals surface area contributed by atoms with E-state index in [4.69, 9.17) is 15.2 Å². The number of anilines is 1. The quantitative estimate of drug-likeness (QED) is 0.428. The van der Waals surface area contributed by atoms with Crippen LogP contribution in [-0.2, 0) is 25.5 Å². The average Bonchev–Trinajstić information content (AvgIpc) is 3.59. The average molecular weight is 590 g/mol. The lowest BCUT2D eigenvalue weighted by Gasteiger charge is -2.59. The van der Waals surface area contributed by atoms with E-state index in [1.807, 2.05) is 30.3 Å². The van der Waals surface area contributed by atoms with Gasteiger partial charge in [0.1, 0.15) is 6.61 Å². The van der Waals surface area contributed by atoms with Gasteiger partial charge in [0.15, 0.2) is 23.5 Å². The summed E-state index contributed by atoms with van der Waals surface area (Å²) in [4.78, 5) is 27.2. The standard InChI is InChI=1S/C34H39NO6S/c1-18-24(17-42-27(18)12-19-4-7-21(35)8-5-19)31-40-29-14-25-23-9-6-20-13-22(37)10-11-32(20,2)30(23)26(38)15-33(25,3)34(29,41-31)28(39)16-36/h4-5,7-8,10-11,13,17,23,25-26,29-31,36,38H,6,9,12,14-16,35H2,1-3H3/t23-,25-,26-,29+,30+,31+,32-,33-,34+/m0/s1. The third-order valence-electron chi connectivity index (χ3n) is 11.6. The Hall–Kier alpha value is -2.62. The highest BCUT2D eigenvalue weighted by Gasteiger charge is 2.76. The minimum absolute atomic E-state index is 0.00662. The fourth-order valence-corrected chi connectivity index (χ4v) is 10.6. The molecule has 5 aliphatic rings. The largest absolute Gasteiger partial charge is 0.399 e. The molecule has 8 heteroatoms. The van der Waals surface area contributed by atoms with Gasteiger partial charge in [-0.1, -0.05) is 37.6 Å². The molecule has 42 heavy (non-hydrogen) atoms. The Morgan fingerprint density at radius 3 is 2.71 bits per heavy atom. The molecule has 1 aliphatic heterocycles. The molecule has 9 atom stereocenters. The van der Waals surface area contributed by atoms with Gasteiger partial charge in [0.05, 0.1) is 12.2 Å². The van der Waals surface area contributed by atoms with E-state index in [1.165, 1.54) is 4.88 Å². The minimum Gasteiger partial charge on any atom is -0.399 e. The summed E-state index contributed by atoms with van der Waals surface area (Å²) >= 11 is 1.65. The van der Waals surface area contributed by atoms with Gasteiger partial charge in [-0.15, -0.1) is 11.3 Å². The van der Waals surface area contributed by atoms with Crippen molar-refractivity contribution in [1.29, 1.82) is 0 Å². The van der Waals surface area contributed by atoms with Crippen molar-refractivity contribution in [3.05, 3.63) is 75.0 Å². The Bertz CT molecular complexity index is 1510. The van der Waals surface area contributed by atoms with E-state index in [9.17, 15) is 19.8 Å². The second kappa shape index (κ2) is 9.69. The molecule has 3 saturated carbocycles. The Balaban J connectivity index is 1.21. The number of hydrogen-bond acceptors (Lipinski definition) is 8. The molecule has 0 bridgehead atoms. The Kier molecular flexibility index (Phi) is 6.50. The first-order chi connectivity index (χ1) is 20.0. The van der Waals surface area contributed by atoms with Gasteiger partial charge in [0, 0.05) is 39.3 Å². The van der Waals surface area contributed by atoms with Crippen molar-refractivity contribution in [2.24, 2.45) is 28.6 Å². The van der Waals surface area contributed by atoms with Crippen molar-refractivity contribution in [3.8, 4) is 0 Å². The number of ether oxygens (including phenoxy) is 2. The molecule has 0 radical (unpaired) electrons. The number of aliphatic hydroxyl groups is 2. The van der Waals surface area contributed by atoms with Crippen LogP contribution in [0.4, 0.5) is 5.69 Å². The van der Waals surface area contributed by atoms with Gasteiger partial charge in [-0.25, -0.2) is 0 Å². The number of hydrogen-bond donors (Lipinski definition) is 3. The molecule has 1 aromatic carbocycles. The number of aliphatic hydroxyl groups excluding tert-OH is 2. The molecule has 2 aromatic rings. The Morgan fingerprint density at radius 1 is 1.21 bits per heavy atom. The second-order valence-corrected chi connectivity index (χ2v) is 14.5. The Morgan fingerprint density at radius 2 is 1.98 bits per heavy atom. The van der Waals surface area contributed by atoms with E-state index in [0.29, 0.717) is 12.8 Å². The lowest BCUT2D eigenvalue weighted by molar-refractivity contribution is -0.201. The predicted molar refractivity (Wildman–Crippen MR) is 160 cm³/mol. The van der Waals surface area contributed by atoms with Crippen molar-refractivity contribution < 1.29 is 29.3 Å². The molecule has 4 fully saturated rings. The lowest BCUT2D eigenvalue weighted by atomic mass is 9.46. The highest BCUT2D eigenvalue weighted by atomic mass is 32.1. The number of carbonyl (C=O) groups is 2. The summed E-state index contributed by atoms with van der Waals surface area (Å²) in [6.07, 6.45) is 6.82. The van der Waals surface area contributed by atoms with Crippen LogP contribution in [0.15, 0.2) is 53.4 Å². The molecule has 0 unspecified atom stereocenters. The van der Waals surface area contributed by atoms with Crippen LogP contribution in [0, 0.1) is 35.5 Å². The van der Waals surface area contributed by atoms with Gasteiger partial charge in [-0.05, 0) is 85.2 Å². The summed E-state index contributed by atoms with van der Waals surface area (Å²) in [6.45, 7) is 5.63. The molecule has 7 nitrogen and oxygen atoms in total. The fraction of sp³-hybridized carbons (Fsp3) is 0.529. The summed E-state index contributed by atoms with van der Waals surface area (Å²) in [5, 5.41) is 24.2. The van der Waals surface area contributed by atoms with Crippen molar-refractivity contribution in [1.82, 2.24) is 0 Å². The molecule has 1 aromatic heterocycles. The Labute approximate surface area is 250 Å². The molecule has 4 N–H and O–H groups in total. The van der Waals surface area contributed by atoms with E-state index < -0.39 is 41.5 Å². The summed E-state index contributed by atoms with van der Waals surface area (Å²) in [5.41, 5.74) is 8.39. The van der Waals surface area contributed by atoms with Gasteiger partial charge in [-0.3, -0.25) is 9.59 Å². The number of benzene rings is 1. The topological polar surface area (TPSA) is 119 Å². The molecular formula is C34H39NO6S. The van der Waals surface area contributed by atoms with Crippen LogP contribution >= 0.6 is 11.3 Å². The molecule has 0 amide bonds. The predicted octanol–water partition coefficient (Wildman–Crippen LogP) is 4.83. The highest BCUT2D eigenvalue weighted by molar-refractivity contribution is 7.10. The number of rotatable bonds is 5. The van der Waals surface area contributed by atoms with E-state index in [2.05, 4.69) is 26.2 Å². The first kappa shape index (κ1) is 28.2. The first-order valence-electron chi connectivity index (χ1n) is 15.0. The number of fused-ring (bicyclic) bond motifs is 7. The van der Waals surface area contributed by atoms with Crippen LogP contribution in [0.3, 0.4) is 0 Å². The third kappa shape index (κ3) is 3.78. The second-order valence-electron chi connectivity index (χ2n) is 13.5. The number of nitrogens with two attached hydrogens (primary N) is 1. The van der Waals surface area contributed by atoms with Crippen molar-refractivity contribution >= 4 is 28.6 Å². The lowest BCUT2D eigenvalue weighted by Crippen LogP contribution is -2.63. The minimum atomic E-state index is -1.34. The summed E-state index contributed by atoms with van der Waals surface area (Å²) in [5.74, 6) is -0.224. The zero-order valence-corrected chi connectivity index (χ0v) is 25.2. The monoisotopic (exact) mass is 589 g/mol. The van der Waals surface area contributed by atoms with Crippen molar-refractivity contribution in [2.75, 3.05) is 12.3 Å². The zero-order valence-electron chi connectivity index (χ0n) is 24.3. The number of ketones is 2. The van der Waals surface area contributed by atoms with Crippen LogP contribution < -0.4 is 5.73 Å². The van der Waals surface area contributed by atoms with Gasteiger partial charge in [0.2, 0.25) is 0 Å². The maximum atomic E-state index is 13.8. The molecule has 0 spiro atoms. The van der Waals surface area contributed by atoms with E-state index in [0.717, 1.165) is 47.2 Å². The van der Waals surface area contributed by atoms with E-state index in [-0.39, 0.29) is 29.3 Å². The first-order valence-corrected chi connectivity index (χ1v) is 15.9. The van der Waals surface area contributed by atoms with Crippen molar-refractivity contribution in [3.63, 3.8) is 0 Å². The maximum Gasteiger partial charge on any atom is 0.193 e. The highest BCUT2D eigenvalue weighted by Crippen LogP contribution is 2.70. The van der Waals surface area contributed by atoms with E-state index in [1.54, 1.807) is 23.5 Å². The number of nitrogen functional groups attached to an aromatic ring is 1. The van der Waals surface area contributed by atoms with Gasteiger partial charge in [0.25, 0.3) is 0 Å². The smallest absolute Gasteiger partial charge is 0.193 e. The van der Waals surface area contributed by atoms with Gasteiger partial charge < -0.3 is 25.4 Å². The molecule has 2 heterocycles. The van der Waals surface area contributed by atoms with E-state index >= 15 is 0 Å². The normalized spacial score (nSPS) is 40.2. The number of Topliss-reactive ketones (excluding diaryl/α,β-unsaturated/α-hetero) is 1. The fourth-order valence-electron chi connectivity index (χ4n) is 9.52. The zero-order chi connectivity index (χ0) is 29.6. The van der Waals surface area contributed by atoms with Gasteiger partial charge in [-0.2, -0.15) is 0 Å². The molecule has 1 saturated heterocycles. The van der Waals surface area contributed by atoms with Crippen LogP contribution in [0.5, 0.6) is 0 Å². The maximum absolute atomic E-state index is 13.8. The molecule has 4 aliphatic carbocycles.